The standard InChI is InChI=1S/C10H13BrFN/c1-2-3-10(13)8-5-4-7(11)6-9(8)12/h4-6,10H,2-3,13H2,1H3. The maximum absolute atomic E-state index is 13.3. The molecule has 2 N–H and O–H groups in total. The molecular weight excluding hydrogens is 233 g/mol. The average molecular weight is 246 g/mol. The second kappa shape index (κ2) is 4.72. The zero-order chi connectivity index (χ0) is 9.84. The molecule has 0 heterocycles. The molecule has 0 amide bonds. The van der Waals surface area contributed by atoms with Crippen LogP contribution >= 0.6 is 15.9 Å². The minimum atomic E-state index is -0.227. The van der Waals surface area contributed by atoms with Gasteiger partial charge in [-0.2, -0.15) is 0 Å². The maximum atomic E-state index is 13.3. The van der Waals surface area contributed by atoms with Crippen molar-refractivity contribution in [3.05, 3.63) is 34.1 Å². The van der Waals surface area contributed by atoms with Crippen molar-refractivity contribution < 1.29 is 4.39 Å². The third-order valence-electron chi connectivity index (χ3n) is 1.96. The van der Waals surface area contributed by atoms with Crippen LogP contribution in [0, 0.1) is 5.82 Å². The van der Waals surface area contributed by atoms with E-state index in [1.54, 1.807) is 6.07 Å². The van der Waals surface area contributed by atoms with Crippen LogP contribution in [0.15, 0.2) is 22.7 Å². The monoisotopic (exact) mass is 245 g/mol. The highest BCUT2D eigenvalue weighted by Gasteiger charge is 2.09. The van der Waals surface area contributed by atoms with Crippen molar-refractivity contribution in [3.8, 4) is 0 Å². The molecule has 0 aliphatic carbocycles. The lowest BCUT2D eigenvalue weighted by molar-refractivity contribution is 0.559. The largest absolute Gasteiger partial charge is 0.324 e. The predicted molar refractivity (Wildman–Crippen MR) is 55.9 cm³/mol. The van der Waals surface area contributed by atoms with E-state index in [4.69, 9.17) is 5.73 Å². The molecule has 0 bridgehead atoms. The fourth-order valence-corrected chi connectivity index (χ4v) is 1.60. The Kier molecular flexibility index (Phi) is 3.88. The van der Waals surface area contributed by atoms with Crippen molar-refractivity contribution in [1.29, 1.82) is 0 Å². The first kappa shape index (κ1) is 10.7. The molecule has 1 aromatic carbocycles. The number of hydrogen-bond acceptors (Lipinski definition) is 1. The Bertz CT molecular complexity index is 288. The van der Waals surface area contributed by atoms with Gasteiger partial charge in [0.2, 0.25) is 0 Å². The molecular formula is C10H13BrFN. The van der Waals surface area contributed by atoms with Gasteiger partial charge in [0.15, 0.2) is 0 Å². The quantitative estimate of drug-likeness (QED) is 0.869. The number of halogens is 2. The van der Waals surface area contributed by atoms with E-state index in [2.05, 4.69) is 15.9 Å². The number of benzene rings is 1. The van der Waals surface area contributed by atoms with Crippen molar-refractivity contribution in [2.75, 3.05) is 0 Å². The smallest absolute Gasteiger partial charge is 0.129 e. The minimum Gasteiger partial charge on any atom is -0.324 e. The molecule has 3 heteroatoms. The summed E-state index contributed by atoms with van der Waals surface area (Å²) in [6.45, 7) is 2.04. The van der Waals surface area contributed by atoms with Gasteiger partial charge in [0.25, 0.3) is 0 Å². The van der Waals surface area contributed by atoms with E-state index in [0.29, 0.717) is 5.56 Å². The molecule has 0 spiro atoms. The van der Waals surface area contributed by atoms with Crippen LogP contribution in [-0.2, 0) is 0 Å². The second-order valence-electron chi connectivity index (χ2n) is 3.06. The van der Waals surface area contributed by atoms with Gasteiger partial charge < -0.3 is 5.73 Å². The highest BCUT2D eigenvalue weighted by atomic mass is 79.9. The number of rotatable bonds is 3. The van der Waals surface area contributed by atoms with Crippen LogP contribution in [0.5, 0.6) is 0 Å². The number of hydrogen-bond donors (Lipinski definition) is 1. The van der Waals surface area contributed by atoms with Crippen molar-refractivity contribution >= 4 is 15.9 Å². The molecule has 0 aliphatic rings. The van der Waals surface area contributed by atoms with Crippen molar-refractivity contribution in [3.63, 3.8) is 0 Å². The Balaban J connectivity index is 2.88. The SMILES string of the molecule is CCCC(N)c1ccc(Br)cc1F. The first-order chi connectivity index (χ1) is 6.15. The van der Waals surface area contributed by atoms with Gasteiger partial charge in [-0.25, -0.2) is 4.39 Å². The molecule has 0 aliphatic heterocycles. The van der Waals surface area contributed by atoms with E-state index in [0.717, 1.165) is 17.3 Å². The molecule has 13 heavy (non-hydrogen) atoms. The molecule has 0 aromatic heterocycles. The van der Waals surface area contributed by atoms with E-state index in [9.17, 15) is 4.39 Å². The second-order valence-corrected chi connectivity index (χ2v) is 3.98. The van der Waals surface area contributed by atoms with E-state index >= 15 is 0 Å². The van der Waals surface area contributed by atoms with Crippen LogP contribution in [0.3, 0.4) is 0 Å². The fourth-order valence-electron chi connectivity index (χ4n) is 1.27. The average Bonchev–Trinajstić information content (AvgIpc) is 2.04. The maximum Gasteiger partial charge on any atom is 0.129 e. The summed E-state index contributed by atoms with van der Waals surface area (Å²) in [5.74, 6) is -0.227. The molecule has 0 radical (unpaired) electrons. The molecule has 1 rings (SSSR count). The summed E-state index contributed by atoms with van der Waals surface area (Å²) in [6.07, 6.45) is 1.79. The Morgan fingerprint density at radius 1 is 1.54 bits per heavy atom. The molecule has 1 atom stereocenters. The summed E-state index contributed by atoms with van der Waals surface area (Å²) < 4.78 is 14.1. The summed E-state index contributed by atoms with van der Waals surface area (Å²) >= 11 is 3.20. The van der Waals surface area contributed by atoms with Gasteiger partial charge in [-0.3, -0.25) is 0 Å². The topological polar surface area (TPSA) is 26.0 Å². The molecule has 1 nitrogen and oxygen atoms in total. The lowest BCUT2D eigenvalue weighted by Crippen LogP contribution is -2.11. The van der Waals surface area contributed by atoms with Gasteiger partial charge in [0, 0.05) is 16.1 Å². The lowest BCUT2D eigenvalue weighted by Gasteiger charge is -2.11. The minimum absolute atomic E-state index is 0.182. The van der Waals surface area contributed by atoms with Gasteiger partial charge in [0.1, 0.15) is 5.82 Å². The van der Waals surface area contributed by atoms with Gasteiger partial charge in [-0.05, 0) is 18.6 Å². The summed E-state index contributed by atoms with van der Waals surface area (Å²) in [5.41, 5.74) is 6.40. The van der Waals surface area contributed by atoms with Gasteiger partial charge in [-0.1, -0.05) is 35.3 Å². The van der Waals surface area contributed by atoms with E-state index in [-0.39, 0.29) is 11.9 Å². The first-order valence-electron chi connectivity index (χ1n) is 4.35. The van der Waals surface area contributed by atoms with Crippen molar-refractivity contribution in [2.24, 2.45) is 5.73 Å². The zero-order valence-corrected chi connectivity index (χ0v) is 9.14. The first-order valence-corrected chi connectivity index (χ1v) is 5.15. The van der Waals surface area contributed by atoms with Gasteiger partial charge in [-0.15, -0.1) is 0 Å². The van der Waals surface area contributed by atoms with Crippen molar-refractivity contribution in [2.45, 2.75) is 25.8 Å². The lowest BCUT2D eigenvalue weighted by atomic mass is 10.0. The van der Waals surface area contributed by atoms with Gasteiger partial charge in [0.05, 0.1) is 0 Å². The van der Waals surface area contributed by atoms with Crippen LogP contribution in [0.2, 0.25) is 0 Å². The van der Waals surface area contributed by atoms with Crippen molar-refractivity contribution in [1.82, 2.24) is 0 Å². The van der Waals surface area contributed by atoms with E-state index < -0.39 is 0 Å². The summed E-state index contributed by atoms with van der Waals surface area (Å²) in [6, 6.07) is 4.82. The van der Waals surface area contributed by atoms with Crippen LogP contribution in [0.4, 0.5) is 4.39 Å². The molecule has 1 aromatic rings. The molecule has 72 valence electrons. The van der Waals surface area contributed by atoms with Gasteiger partial charge >= 0.3 is 0 Å². The third-order valence-corrected chi connectivity index (χ3v) is 2.45. The molecule has 1 unspecified atom stereocenters. The normalized spacial score (nSPS) is 12.9. The summed E-state index contributed by atoms with van der Waals surface area (Å²) in [5, 5.41) is 0. The Labute approximate surface area is 86.3 Å². The predicted octanol–water partition coefficient (Wildman–Crippen LogP) is 3.39. The highest BCUT2D eigenvalue weighted by molar-refractivity contribution is 9.10. The van der Waals surface area contributed by atoms with E-state index in [1.165, 1.54) is 6.07 Å². The Morgan fingerprint density at radius 2 is 2.23 bits per heavy atom. The van der Waals surface area contributed by atoms with Crippen LogP contribution in [0.1, 0.15) is 31.4 Å². The summed E-state index contributed by atoms with van der Waals surface area (Å²) in [4.78, 5) is 0. The zero-order valence-electron chi connectivity index (χ0n) is 7.56. The van der Waals surface area contributed by atoms with Crippen LogP contribution < -0.4 is 5.73 Å². The summed E-state index contributed by atoms with van der Waals surface area (Å²) in [7, 11) is 0. The van der Waals surface area contributed by atoms with E-state index in [1.807, 2.05) is 13.0 Å². The third kappa shape index (κ3) is 2.78. The molecule has 0 saturated carbocycles. The molecule has 0 fully saturated rings. The Hall–Kier alpha value is -0.410. The fraction of sp³-hybridized carbons (Fsp3) is 0.400. The highest BCUT2D eigenvalue weighted by Crippen LogP contribution is 2.22. The van der Waals surface area contributed by atoms with Crippen LogP contribution in [-0.4, -0.2) is 0 Å². The number of nitrogens with two attached hydrogens (primary N) is 1. The van der Waals surface area contributed by atoms with Crippen LogP contribution in [0.25, 0.3) is 0 Å². The molecule has 0 saturated heterocycles. The Morgan fingerprint density at radius 3 is 2.77 bits per heavy atom.